The Morgan fingerprint density at radius 1 is 1.47 bits per heavy atom. The van der Waals surface area contributed by atoms with Gasteiger partial charge in [-0.25, -0.2) is 4.98 Å². The van der Waals surface area contributed by atoms with Crippen LogP contribution in [0.2, 0.25) is 0 Å². The summed E-state index contributed by atoms with van der Waals surface area (Å²) in [5.74, 6) is 1.97. The molecular formula is C14H24N4O. The van der Waals surface area contributed by atoms with E-state index in [4.69, 9.17) is 10.5 Å². The van der Waals surface area contributed by atoms with E-state index in [1.807, 2.05) is 6.20 Å². The van der Waals surface area contributed by atoms with E-state index >= 15 is 0 Å². The zero-order valence-electron chi connectivity index (χ0n) is 11.9. The summed E-state index contributed by atoms with van der Waals surface area (Å²) in [5.41, 5.74) is 6.88. The second-order valence-electron chi connectivity index (χ2n) is 5.11. The minimum absolute atomic E-state index is 0.359. The van der Waals surface area contributed by atoms with Crippen molar-refractivity contribution in [2.45, 2.75) is 33.1 Å². The second-order valence-corrected chi connectivity index (χ2v) is 5.11. The van der Waals surface area contributed by atoms with Crippen molar-refractivity contribution >= 4 is 11.8 Å². The molecule has 106 valence electrons. The Hall–Kier alpha value is -1.36. The highest BCUT2D eigenvalue weighted by Gasteiger charge is 2.25. The van der Waals surface area contributed by atoms with Crippen LogP contribution in [0.25, 0.3) is 0 Å². The fourth-order valence-electron chi connectivity index (χ4n) is 2.49. The van der Waals surface area contributed by atoms with Crippen LogP contribution in [0.1, 0.15) is 32.3 Å². The molecule has 1 aromatic heterocycles. The lowest BCUT2D eigenvalue weighted by Crippen LogP contribution is -2.24. The highest BCUT2D eigenvalue weighted by atomic mass is 16.5. The zero-order valence-corrected chi connectivity index (χ0v) is 11.9. The van der Waals surface area contributed by atoms with Crippen LogP contribution < -0.4 is 10.6 Å². The van der Waals surface area contributed by atoms with Gasteiger partial charge in [-0.15, -0.1) is 0 Å². The average Bonchev–Trinajstić information content (AvgIpc) is 2.88. The van der Waals surface area contributed by atoms with Gasteiger partial charge in [0, 0.05) is 37.4 Å². The molecule has 0 unspecified atom stereocenters. The number of hydrogen-bond acceptors (Lipinski definition) is 5. The van der Waals surface area contributed by atoms with Gasteiger partial charge in [0.2, 0.25) is 5.95 Å². The molecule has 0 spiro atoms. The van der Waals surface area contributed by atoms with E-state index < -0.39 is 0 Å². The maximum Gasteiger partial charge on any atom is 0.221 e. The molecule has 19 heavy (non-hydrogen) atoms. The quantitative estimate of drug-likeness (QED) is 0.795. The number of nitrogens with two attached hydrogens (primary N) is 1. The number of nitrogens with zero attached hydrogens (tertiary/aromatic N) is 3. The SMILES string of the molecule is CCCOC[C@@H]1CCN(c2nc(N)ncc2CC)C1. The Morgan fingerprint density at radius 3 is 3.05 bits per heavy atom. The maximum absolute atomic E-state index is 5.71. The first-order valence-corrected chi connectivity index (χ1v) is 7.18. The first-order valence-electron chi connectivity index (χ1n) is 7.18. The van der Waals surface area contributed by atoms with Crippen LogP contribution in [0, 0.1) is 5.92 Å². The van der Waals surface area contributed by atoms with Crippen LogP contribution in [-0.4, -0.2) is 36.3 Å². The van der Waals surface area contributed by atoms with Crippen molar-refractivity contribution in [3.63, 3.8) is 0 Å². The Morgan fingerprint density at radius 2 is 2.32 bits per heavy atom. The third kappa shape index (κ3) is 3.56. The largest absolute Gasteiger partial charge is 0.381 e. The Bertz CT molecular complexity index is 410. The van der Waals surface area contributed by atoms with Crippen molar-refractivity contribution in [2.24, 2.45) is 5.92 Å². The molecule has 1 aromatic rings. The van der Waals surface area contributed by atoms with Gasteiger partial charge in [0.15, 0.2) is 0 Å². The smallest absolute Gasteiger partial charge is 0.221 e. The summed E-state index contributed by atoms with van der Waals surface area (Å²) in [5, 5.41) is 0. The molecule has 0 radical (unpaired) electrons. The molecule has 5 heteroatoms. The lowest BCUT2D eigenvalue weighted by Gasteiger charge is -2.20. The van der Waals surface area contributed by atoms with Gasteiger partial charge in [-0.3, -0.25) is 0 Å². The molecule has 2 heterocycles. The van der Waals surface area contributed by atoms with Gasteiger partial charge in [-0.05, 0) is 19.3 Å². The van der Waals surface area contributed by atoms with Gasteiger partial charge in [0.05, 0.1) is 6.61 Å². The Balaban J connectivity index is 1.98. The Labute approximate surface area is 115 Å². The summed E-state index contributed by atoms with van der Waals surface area (Å²) in [7, 11) is 0. The molecule has 2 rings (SSSR count). The molecule has 1 aliphatic rings. The monoisotopic (exact) mass is 264 g/mol. The molecule has 2 N–H and O–H groups in total. The molecule has 1 fully saturated rings. The number of ether oxygens (including phenoxy) is 1. The fourth-order valence-corrected chi connectivity index (χ4v) is 2.49. The van der Waals surface area contributed by atoms with E-state index in [9.17, 15) is 0 Å². The minimum Gasteiger partial charge on any atom is -0.381 e. The van der Waals surface area contributed by atoms with E-state index in [0.29, 0.717) is 11.9 Å². The van der Waals surface area contributed by atoms with Gasteiger partial charge in [0.1, 0.15) is 5.82 Å². The van der Waals surface area contributed by atoms with Gasteiger partial charge < -0.3 is 15.4 Å². The molecule has 0 bridgehead atoms. The normalized spacial score (nSPS) is 19.1. The highest BCUT2D eigenvalue weighted by Crippen LogP contribution is 2.26. The van der Waals surface area contributed by atoms with Crippen LogP contribution >= 0.6 is 0 Å². The number of nitrogen functional groups attached to an aromatic ring is 1. The molecule has 0 aliphatic carbocycles. The summed E-state index contributed by atoms with van der Waals surface area (Å²) in [6.45, 7) is 8.01. The predicted molar refractivity (Wildman–Crippen MR) is 77.3 cm³/mol. The molecular weight excluding hydrogens is 240 g/mol. The zero-order chi connectivity index (χ0) is 13.7. The lowest BCUT2D eigenvalue weighted by molar-refractivity contribution is 0.106. The van der Waals surface area contributed by atoms with Crippen molar-refractivity contribution < 1.29 is 4.74 Å². The average molecular weight is 264 g/mol. The molecule has 0 amide bonds. The van der Waals surface area contributed by atoms with Gasteiger partial charge in [-0.1, -0.05) is 13.8 Å². The van der Waals surface area contributed by atoms with E-state index in [1.165, 1.54) is 5.56 Å². The summed E-state index contributed by atoms with van der Waals surface area (Å²) in [6.07, 6.45) is 5.03. The second kappa shape index (κ2) is 6.70. The first kappa shape index (κ1) is 14.1. The van der Waals surface area contributed by atoms with Crippen LogP contribution in [-0.2, 0) is 11.2 Å². The first-order chi connectivity index (χ1) is 9.24. The van der Waals surface area contributed by atoms with Crippen LogP contribution in [0.15, 0.2) is 6.20 Å². The molecule has 1 saturated heterocycles. The third-order valence-electron chi connectivity index (χ3n) is 3.53. The van der Waals surface area contributed by atoms with E-state index in [2.05, 4.69) is 28.7 Å². The number of rotatable bonds is 6. The van der Waals surface area contributed by atoms with E-state index in [0.717, 1.165) is 51.4 Å². The number of aromatic nitrogens is 2. The maximum atomic E-state index is 5.71. The summed E-state index contributed by atoms with van der Waals surface area (Å²) >= 11 is 0. The van der Waals surface area contributed by atoms with Crippen molar-refractivity contribution in [3.8, 4) is 0 Å². The molecule has 1 atom stereocenters. The van der Waals surface area contributed by atoms with Gasteiger partial charge in [-0.2, -0.15) is 4.98 Å². The van der Waals surface area contributed by atoms with Crippen LogP contribution in [0.3, 0.4) is 0 Å². The summed E-state index contributed by atoms with van der Waals surface area (Å²) in [4.78, 5) is 10.8. The van der Waals surface area contributed by atoms with Crippen molar-refractivity contribution in [1.82, 2.24) is 9.97 Å². The fraction of sp³-hybridized carbons (Fsp3) is 0.714. The summed E-state index contributed by atoms with van der Waals surface area (Å²) < 4.78 is 5.65. The number of aryl methyl sites for hydroxylation is 1. The van der Waals surface area contributed by atoms with Crippen molar-refractivity contribution in [3.05, 3.63) is 11.8 Å². The highest BCUT2D eigenvalue weighted by molar-refractivity contribution is 5.49. The van der Waals surface area contributed by atoms with E-state index in [-0.39, 0.29) is 0 Å². The predicted octanol–water partition coefficient (Wildman–Crippen LogP) is 1.87. The Kier molecular flexibility index (Phi) is 4.96. The third-order valence-corrected chi connectivity index (χ3v) is 3.53. The molecule has 5 nitrogen and oxygen atoms in total. The molecule has 0 saturated carbocycles. The molecule has 0 aromatic carbocycles. The summed E-state index contributed by atoms with van der Waals surface area (Å²) in [6, 6.07) is 0. The minimum atomic E-state index is 0.359. The number of anilines is 2. The van der Waals surface area contributed by atoms with Crippen LogP contribution in [0.5, 0.6) is 0 Å². The van der Waals surface area contributed by atoms with Crippen LogP contribution in [0.4, 0.5) is 11.8 Å². The number of hydrogen-bond donors (Lipinski definition) is 1. The standard InChI is InChI=1S/C14H24N4O/c1-3-7-19-10-11-5-6-18(9-11)13-12(4-2)8-16-14(15)17-13/h8,11H,3-7,9-10H2,1-2H3,(H2,15,16,17)/t11-/m1/s1. The molecule has 1 aliphatic heterocycles. The van der Waals surface area contributed by atoms with Gasteiger partial charge in [0.25, 0.3) is 0 Å². The van der Waals surface area contributed by atoms with E-state index in [1.54, 1.807) is 0 Å². The lowest BCUT2D eigenvalue weighted by atomic mass is 10.1. The van der Waals surface area contributed by atoms with Crippen molar-refractivity contribution in [2.75, 3.05) is 36.9 Å². The van der Waals surface area contributed by atoms with Gasteiger partial charge >= 0.3 is 0 Å². The van der Waals surface area contributed by atoms with Crippen molar-refractivity contribution in [1.29, 1.82) is 0 Å². The topological polar surface area (TPSA) is 64.3 Å².